The first-order valence-corrected chi connectivity index (χ1v) is 7.98. The van der Waals surface area contributed by atoms with Crippen molar-refractivity contribution in [3.8, 4) is 0 Å². The highest BCUT2D eigenvalue weighted by atomic mass is 28.4. The fraction of sp³-hybridized carbons (Fsp3) is 0.385. The largest absolute Gasteiger partial charge is 0.427 e. The van der Waals surface area contributed by atoms with Crippen LogP contribution in [0.3, 0.4) is 0 Å². The topological polar surface area (TPSA) is 20.2 Å². The van der Waals surface area contributed by atoms with E-state index in [1.165, 1.54) is 0 Å². The van der Waals surface area contributed by atoms with Crippen LogP contribution in [0.15, 0.2) is 43.0 Å². The zero-order valence-corrected chi connectivity index (χ0v) is 10.4. The van der Waals surface area contributed by atoms with E-state index in [4.69, 9.17) is 0 Å². The van der Waals surface area contributed by atoms with E-state index >= 15 is 0 Å². The molecule has 1 nitrogen and oxygen atoms in total. The summed E-state index contributed by atoms with van der Waals surface area (Å²) in [6.45, 7) is 5.91. The second-order valence-electron chi connectivity index (χ2n) is 3.99. The minimum atomic E-state index is -2.26. The second kappa shape index (κ2) is 5.88. The fourth-order valence-corrected chi connectivity index (χ4v) is 4.78. The molecule has 15 heavy (non-hydrogen) atoms. The van der Waals surface area contributed by atoms with Gasteiger partial charge in [0.15, 0.2) is 0 Å². The Hall–Kier alpha value is -0.863. The highest BCUT2D eigenvalue weighted by molar-refractivity contribution is 6.85. The third kappa shape index (κ3) is 3.32. The highest BCUT2D eigenvalue weighted by Crippen LogP contribution is 2.16. The van der Waals surface area contributed by atoms with Crippen molar-refractivity contribution in [1.82, 2.24) is 0 Å². The maximum Gasteiger partial charge on any atom is 0.223 e. The first kappa shape index (κ1) is 12.2. The number of rotatable bonds is 6. The lowest BCUT2D eigenvalue weighted by atomic mass is 10.4. The van der Waals surface area contributed by atoms with Crippen LogP contribution in [0, 0.1) is 0 Å². The van der Waals surface area contributed by atoms with Gasteiger partial charge in [0.05, 0.1) is 0 Å². The molecule has 0 bridgehead atoms. The molecule has 0 saturated carbocycles. The summed E-state index contributed by atoms with van der Waals surface area (Å²) in [5, 5.41) is 1.14. The molecule has 1 atom stereocenters. The average molecular weight is 220 g/mol. The van der Waals surface area contributed by atoms with Gasteiger partial charge in [-0.05, 0) is 17.3 Å². The number of hydrogen-bond acceptors (Lipinski definition) is 1. The summed E-state index contributed by atoms with van der Waals surface area (Å²) in [7, 11) is -2.26. The third-order valence-corrected chi connectivity index (χ3v) is 6.29. The standard InChI is InChI=1S/C13H20OSi/c1-3-5-12-15(14,11-4-2)13-9-7-6-8-10-13/h4,6-10,14H,2-3,5,11-12H2,1H3. The van der Waals surface area contributed by atoms with E-state index in [0.29, 0.717) is 0 Å². The smallest absolute Gasteiger partial charge is 0.223 e. The van der Waals surface area contributed by atoms with Crippen molar-refractivity contribution in [2.24, 2.45) is 0 Å². The van der Waals surface area contributed by atoms with Gasteiger partial charge in [0.1, 0.15) is 0 Å². The minimum Gasteiger partial charge on any atom is -0.427 e. The van der Waals surface area contributed by atoms with Crippen LogP contribution in [0.5, 0.6) is 0 Å². The molecule has 0 aliphatic carbocycles. The van der Waals surface area contributed by atoms with E-state index in [9.17, 15) is 4.80 Å². The summed E-state index contributed by atoms with van der Waals surface area (Å²) in [5.74, 6) is 0. The molecule has 0 aliphatic heterocycles. The van der Waals surface area contributed by atoms with E-state index in [-0.39, 0.29) is 0 Å². The quantitative estimate of drug-likeness (QED) is 0.577. The molecule has 0 radical (unpaired) electrons. The van der Waals surface area contributed by atoms with Gasteiger partial charge in [0, 0.05) is 0 Å². The minimum absolute atomic E-state index is 0.761. The Morgan fingerprint density at radius 1 is 1.33 bits per heavy atom. The summed E-state index contributed by atoms with van der Waals surface area (Å²) in [5.41, 5.74) is 0. The molecule has 0 saturated heterocycles. The van der Waals surface area contributed by atoms with Gasteiger partial charge < -0.3 is 4.80 Å². The van der Waals surface area contributed by atoms with Crippen molar-refractivity contribution in [3.05, 3.63) is 43.0 Å². The van der Waals surface area contributed by atoms with Gasteiger partial charge in [-0.2, -0.15) is 0 Å². The Labute approximate surface area is 93.6 Å². The first-order valence-electron chi connectivity index (χ1n) is 5.62. The monoisotopic (exact) mass is 220 g/mol. The molecule has 0 aliphatic rings. The predicted molar refractivity (Wildman–Crippen MR) is 68.8 cm³/mol. The van der Waals surface area contributed by atoms with Crippen molar-refractivity contribution < 1.29 is 4.80 Å². The Bertz CT molecular complexity index is 297. The average Bonchev–Trinajstić information content (AvgIpc) is 2.28. The van der Waals surface area contributed by atoms with Crippen LogP contribution in [-0.2, 0) is 0 Å². The van der Waals surface area contributed by atoms with Crippen molar-refractivity contribution in [2.45, 2.75) is 31.9 Å². The number of unbranched alkanes of at least 4 members (excludes halogenated alkanes) is 1. The lowest BCUT2D eigenvalue weighted by molar-refractivity contribution is 0.545. The Morgan fingerprint density at radius 2 is 2.00 bits per heavy atom. The van der Waals surface area contributed by atoms with Crippen LogP contribution in [-0.4, -0.2) is 13.1 Å². The summed E-state index contributed by atoms with van der Waals surface area (Å²) < 4.78 is 0. The van der Waals surface area contributed by atoms with Gasteiger partial charge in [-0.25, -0.2) is 0 Å². The summed E-state index contributed by atoms with van der Waals surface area (Å²) in [6, 6.07) is 11.8. The normalized spacial score (nSPS) is 14.5. The summed E-state index contributed by atoms with van der Waals surface area (Å²) >= 11 is 0. The van der Waals surface area contributed by atoms with Gasteiger partial charge in [0.2, 0.25) is 8.32 Å². The fourth-order valence-electron chi connectivity index (χ4n) is 1.82. The van der Waals surface area contributed by atoms with Crippen molar-refractivity contribution in [3.63, 3.8) is 0 Å². The lowest BCUT2D eigenvalue weighted by Gasteiger charge is -2.24. The third-order valence-electron chi connectivity index (χ3n) is 2.74. The molecule has 0 fully saturated rings. The van der Waals surface area contributed by atoms with Gasteiger partial charge >= 0.3 is 0 Å². The van der Waals surface area contributed by atoms with Crippen LogP contribution in [0.1, 0.15) is 19.8 Å². The van der Waals surface area contributed by atoms with E-state index in [0.717, 1.165) is 30.1 Å². The molecule has 0 amide bonds. The van der Waals surface area contributed by atoms with Crippen LogP contribution in [0.2, 0.25) is 12.1 Å². The van der Waals surface area contributed by atoms with Crippen LogP contribution in [0.25, 0.3) is 0 Å². The molecule has 1 unspecified atom stereocenters. The molecule has 0 aromatic heterocycles. The highest BCUT2D eigenvalue weighted by Gasteiger charge is 2.30. The summed E-state index contributed by atoms with van der Waals surface area (Å²) in [4.78, 5) is 10.7. The van der Waals surface area contributed by atoms with Crippen LogP contribution >= 0.6 is 0 Å². The van der Waals surface area contributed by atoms with Gasteiger partial charge in [-0.15, -0.1) is 6.58 Å². The van der Waals surface area contributed by atoms with E-state index < -0.39 is 8.32 Å². The molecular formula is C13H20OSi. The maximum atomic E-state index is 10.7. The van der Waals surface area contributed by atoms with Crippen LogP contribution in [0.4, 0.5) is 0 Å². The number of allylic oxidation sites excluding steroid dienone is 1. The Balaban J connectivity index is 2.85. The van der Waals surface area contributed by atoms with Crippen molar-refractivity contribution in [1.29, 1.82) is 0 Å². The molecular weight excluding hydrogens is 200 g/mol. The van der Waals surface area contributed by atoms with Gasteiger partial charge in [-0.1, -0.05) is 56.2 Å². The SMILES string of the molecule is C=CC[Si](O)(CCCC)c1ccccc1. The van der Waals surface area contributed by atoms with Crippen LogP contribution < -0.4 is 5.19 Å². The van der Waals surface area contributed by atoms with E-state index in [1.54, 1.807) is 0 Å². The molecule has 1 N–H and O–H groups in total. The zero-order valence-electron chi connectivity index (χ0n) is 9.45. The van der Waals surface area contributed by atoms with Crippen molar-refractivity contribution >= 4 is 13.5 Å². The molecule has 82 valence electrons. The van der Waals surface area contributed by atoms with E-state index in [1.807, 2.05) is 36.4 Å². The first-order chi connectivity index (χ1) is 7.23. The van der Waals surface area contributed by atoms with Crippen molar-refractivity contribution in [2.75, 3.05) is 0 Å². The number of hydrogen-bond donors (Lipinski definition) is 1. The predicted octanol–water partition coefficient (Wildman–Crippen LogP) is 2.82. The van der Waals surface area contributed by atoms with Gasteiger partial charge in [0.25, 0.3) is 0 Å². The maximum absolute atomic E-state index is 10.7. The number of benzene rings is 1. The summed E-state index contributed by atoms with van der Waals surface area (Å²) in [6.07, 6.45) is 4.10. The molecule has 2 heteroatoms. The lowest BCUT2D eigenvalue weighted by Crippen LogP contribution is -2.47. The Morgan fingerprint density at radius 3 is 2.53 bits per heavy atom. The zero-order chi connectivity index (χ0) is 11.1. The Kier molecular flexibility index (Phi) is 4.79. The molecule has 1 aromatic carbocycles. The van der Waals surface area contributed by atoms with Gasteiger partial charge in [-0.3, -0.25) is 0 Å². The molecule has 0 spiro atoms. The molecule has 0 heterocycles. The molecule has 1 aromatic rings. The van der Waals surface area contributed by atoms with E-state index in [2.05, 4.69) is 13.5 Å². The second-order valence-corrected chi connectivity index (χ2v) is 7.54. The molecule has 1 rings (SSSR count).